The predicted octanol–water partition coefficient (Wildman–Crippen LogP) is 1.84. The maximum Gasteiger partial charge on any atom is 0.289 e. The van der Waals surface area contributed by atoms with Crippen molar-refractivity contribution in [3.63, 3.8) is 0 Å². The molecular formula is C15H23FN6O. The fourth-order valence-electron chi connectivity index (χ4n) is 3.31. The van der Waals surface area contributed by atoms with Gasteiger partial charge in [-0.05, 0) is 57.3 Å². The van der Waals surface area contributed by atoms with Gasteiger partial charge in [0.15, 0.2) is 0 Å². The molecule has 3 rings (SSSR count). The number of nitrogens with one attached hydrogen (secondary N) is 3. The minimum Gasteiger partial charge on any atom is -0.339 e. The molecule has 0 radical (unpaired) electrons. The standard InChI is InChI=1S/C15H23FN6O/c1-8(2)22-14(18-7-19-22)15(23)20-12(13(17)21-16)11(9-3-4-9)10-5-6-10/h7-12H,3-6H2,1-2H3,(H2,17,21)(H,20,23)/t12-/m0/s1. The average molecular weight is 322 g/mol. The summed E-state index contributed by atoms with van der Waals surface area (Å²) < 4.78 is 14.4. The summed E-state index contributed by atoms with van der Waals surface area (Å²) >= 11 is 0. The number of halogens is 1. The topological polar surface area (TPSA) is 95.7 Å². The number of nitrogens with zero attached hydrogens (tertiary/aromatic N) is 3. The summed E-state index contributed by atoms with van der Waals surface area (Å²) in [6, 6.07) is -0.636. The molecule has 0 unspecified atom stereocenters. The summed E-state index contributed by atoms with van der Waals surface area (Å²) in [6.07, 6.45) is 5.71. The van der Waals surface area contributed by atoms with Crippen LogP contribution in [0.1, 0.15) is 56.2 Å². The molecule has 1 aromatic rings. The van der Waals surface area contributed by atoms with Gasteiger partial charge in [-0.25, -0.2) is 15.2 Å². The number of aromatic nitrogens is 3. The molecule has 1 aromatic heterocycles. The van der Waals surface area contributed by atoms with E-state index in [-0.39, 0.29) is 23.6 Å². The van der Waals surface area contributed by atoms with Crippen LogP contribution >= 0.6 is 0 Å². The number of hydrogen-bond donors (Lipinski definition) is 3. The fourth-order valence-corrected chi connectivity index (χ4v) is 3.31. The Morgan fingerprint density at radius 3 is 2.43 bits per heavy atom. The first-order valence-corrected chi connectivity index (χ1v) is 8.18. The molecule has 2 fully saturated rings. The minimum absolute atomic E-state index is 0.00175. The molecule has 0 saturated heterocycles. The van der Waals surface area contributed by atoms with E-state index in [1.165, 1.54) is 16.5 Å². The first-order chi connectivity index (χ1) is 11.0. The van der Waals surface area contributed by atoms with Crippen molar-refractivity contribution in [1.29, 1.82) is 5.41 Å². The SMILES string of the molecule is CC(C)n1ncnc1C(=O)N[C@H](C(=N)NF)C(C1CC1)C1CC1. The highest BCUT2D eigenvalue weighted by molar-refractivity contribution is 5.95. The van der Waals surface area contributed by atoms with Gasteiger partial charge in [0.1, 0.15) is 12.2 Å². The zero-order chi connectivity index (χ0) is 16.6. The van der Waals surface area contributed by atoms with E-state index in [0.29, 0.717) is 11.8 Å². The summed E-state index contributed by atoms with van der Waals surface area (Å²) in [5.41, 5.74) is 1.42. The Bertz CT molecular complexity index is 581. The summed E-state index contributed by atoms with van der Waals surface area (Å²) in [4.78, 5) is 16.6. The van der Waals surface area contributed by atoms with Crippen molar-refractivity contribution in [1.82, 2.24) is 25.6 Å². The van der Waals surface area contributed by atoms with Crippen molar-refractivity contribution in [2.45, 2.75) is 51.6 Å². The normalized spacial score (nSPS) is 19.0. The van der Waals surface area contributed by atoms with Crippen molar-refractivity contribution in [3.05, 3.63) is 12.2 Å². The van der Waals surface area contributed by atoms with Crippen LogP contribution in [0.15, 0.2) is 6.33 Å². The van der Waals surface area contributed by atoms with E-state index in [2.05, 4.69) is 15.4 Å². The molecule has 3 N–H and O–H groups in total. The Labute approximate surface area is 134 Å². The van der Waals surface area contributed by atoms with E-state index < -0.39 is 11.9 Å². The molecule has 7 nitrogen and oxygen atoms in total. The lowest BCUT2D eigenvalue weighted by atomic mass is 9.88. The first kappa shape index (κ1) is 15.9. The molecule has 1 amide bonds. The maximum absolute atomic E-state index is 12.9. The van der Waals surface area contributed by atoms with Crippen LogP contribution in [0.3, 0.4) is 0 Å². The highest BCUT2D eigenvalue weighted by Crippen LogP contribution is 2.50. The second-order valence-corrected chi connectivity index (χ2v) is 6.83. The quantitative estimate of drug-likeness (QED) is 0.405. The molecule has 2 aliphatic carbocycles. The monoisotopic (exact) mass is 322 g/mol. The van der Waals surface area contributed by atoms with Gasteiger partial charge in [-0.2, -0.15) is 5.10 Å². The maximum atomic E-state index is 12.9. The van der Waals surface area contributed by atoms with Crippen LogP contribution in [0.4, 0.5) is 4.48 Å². The van der Waals surface area contributed by atoms with Crippen molar-refractivity contribution in [2.24, 2.45) is 17.8 Å². The van der Waals surface area contributed by atoms with Crippen LogP contribution in [0.5, 0.6) is 0 Å². The molecule has 2 saturated carbocycles. The van der Waals surface area contributed by atoms with Gasteiger partial charge in [-0.15, -0.1) is 4.48 Å². The van der Waals surface area contributed by atoms with Crippen molar-refractivity contribution >= 4 is 11.7 Å². The third kappa shape index (κ3) is 3.35. The number of amides is 1. The van der Waals surface area contributed by atoms with Gasteiger partial charge >= 0.3 is 0 Å². The molecule has 8 heteroatoms. The molecule has 23 heavy (non-hydrogen) atoms. The van der Waals surface area contributed by atoms with Crippen molar-refractivity contribution in [2.75, 3.05) is 0 Å². The Balaban J connectivity index is 1.79. The smallest absolute Gasteiger partial charge is 0.289 e. The number of rotatable bonds is 7. The summed E-state index contributed by atoms with van der Waals surface area (Å²) in [5.74, 6) is 0.589. The zero-order valence-electron chi connectivity index (χ0n) is 13.4. The van der Waals surface area contributed by atoms with Gasteiger partial charge in [-0.1, -0.05) is 0 Å². The fraction of sp³-hybridized carbons (Fsp3) is 0.733. The van der Waals surface area contributed by atoms with E-state index in [4.69, 9.17) is 5.41 Å². The van der Waals surface area contributed by atoms with Gasteiger partial charge in [-0.3, -0.25) is 10.2 Å². The van der Waals surface area contributed by atoms with Crippen LogP contribution in [0.2, 0.25) is 0 Å². The molecule has 0 spiro atoms. The molecule has 2 aliphatic rings. The van der Waals surface area contributed by atoms with Gasteiger partial charge in [0.25, 0.3) is 5.91 Å². The van der Waals surface area contributed by atoms with E-state index in [0.717, 1.165) is 25.7 Å². The summed E-state index contributed by atoms with van der Waals surface area (Å²) in [7, 11) is 0. The lowest BCUT2D eigenvalue weighted by Gasteiger charge is -2.27. The minimum atomic E-state index is -0.634. The highest BCUT2D eigenvalue weighted by Gasteiger charge is 2.47. The third-order valence-corrected chi connectivity index (χ3v) is 4.68. The molecule has 0 bridgehead atoms. The Morgan fingerprint density at radius 2 is 1.96 bits per heavy atom. The summed E-state index contributed by atoms with van der Waals surface area (Å²) in [6.45, 7) is 3.82. The molecule has 0 aromatic carbocycles. The molecular weight excluding hydrogens is 299 g/mol. The van der Waals surface area contributed by atoms with Crippen LogP contribution < -0.4 is 10.9 Å². The van der Waals surface area contributed by atoms with Crippen LogP contribution in [0, 0.1) is 23.2 Å². The summed E-state index contributed by atoms with van der Waals surface area (Å²) in [5, 5.41) is 14.7. The second kappa shape index (κ2) is 6.25. The average Bonchev–Trinajstić information content (AvgIpc) is 3.46. The molecule has 126 valence electrons. The molecule has 1 heterocycles. The van der Waals surface area contributed by atoms with Gasteiger partial charge in [0.2, 0.25) is 5.82 Å². The lowest BCUT2D eigenvalue weighted by molar-refractivity contribution is 0.0910. The first-order valence-electron chi connectivity index (χ1n) is 8.18. The number of carbonyl (C=O) groups excluding carboxylic acids is 1. The van der Waals surface area contributed by atoms with Crippen LogP contribution in [0.25, 0.3) is 0 Å². The number of hydrogen-bond acceptors (Lipinski definition) is 4. The Hall–Kier alpha value is -1.99. The van der Waals surface area contributed by atoms with Crippen molar-refractivity contribution < 1.29 is 9.28 Å². The third-order valence-electron chi connectivity index (χ3n) is 4.68. The number of amidine groups is 1. The zero-order valence-corrected chi connectivity index (χ0v) is 13.4. The van der Waals surface area contributed by atoms with E-state index in [1.807, 2.05) is 13.8 Å². The predicted molar refractivity (Wildman–Crippen MR) is 82.6 cm³/mol. The van der Waals surface area contributed by atoms with Gasteiger partial charge in [0.05, 0.1) is 6.04 Å². The Morgan fingerprint density at radius 1 is 1.35 bits per heavy atom. The highest BCUT2D eigenvalue weighted by atomic mass is 19.2. The van der Waals surface area contributed by atoms with Crippen LogP contribution in [-0.2, 0) is 0 Å². The van der Waals surface area contributed by atoms with E-state index in [1.54, 1.807) is 0 Å². The number of carbonyl (C=O) groups is 1. The second-order valence-electron chi connectivity index (χ2n) is 6.83. The molecule has 1 atom stereocenters. The largest absolute Gasteiger partial charge is 0.339 e. The van der Waals surface area contributed by atoms with Gasteiger partial charge < -0.3 is 5.32 Å². The van der Waals surface area contributed by atoms with Crippen molar-refractivity contribution in [3.8, 4) is 0 Å². The lowest BCUT2D eigenvalue weighted by Crippen LogP contribution is -2.51. The Kier molecular flexibility index (Phi) is 4.32. The van der Waals surface area contributed by atoms with Gasteiger partial charge in [0, 0.05) is 6.04 Å². The molecule has 0 aliphatic heterocycles. The van der Waals surface area contributed by atoms with E-state index in [9.17, 15) is 9.28 Å². The van der Waals surface area contributed by atoms with E-state index >= 15 is 0 Å². The van der Waals surface area contributed by atoms with Crippen LogP contribution in [-0.4, -0.2) is 32.5 Å².